The quantitative estimate of drug-likeness (QED) is 0.838. The van der Waals surface area contributed by atoms with Crippen LogP contribution in [0.4, 0.5) is 4.39 Å². The van der Waals surface area contributed by atoms with Gasteiger partial charge in [-0.1, -0.05) is 25.5 Å². The van der Waals surface area contributed by atoms with E-state index < -0.39 is 0 Å². The summed E-state index contributed by atoms with van der Waals surface area (Å²) in [6, 6.07) is 9.74. The Balaban J connectivity index is 2.13. The number of benzene rings is 1. The first-order valence-electron chi connectivity index (χ1n) is 7.09. The van der Waals surface area contributed by atoms with E-state index in [9.17, 15) is 9.18 Å². The molecule has 0 N–H and O–H groups in total. The van der Waals surface area contributed by atoms with Crippen LogP contribution in [0.5, 0.6) is 0 Å². The van der Waals surface area contributed by atoms with Crippen molar-refractivity contribution in [3.05, 3.63) is 54.0 Å². The fourth-order valence-electron chi connectivity index (χ4n) is 2.06. The van der Waals surface area contributed by atoms with Crippen molar-refractivity contribution in [3.63, 3.8) is 0 Å². The second-order valence-electron chi connectivity index (χ2n) is 5.02. The van der Waals surface area contributed by atoms with Crippen LogP contribution in [0.1, 0.15) is 30.1 Å². The largest absolute Gasteiger partial charge is 0.342 e. The molecule has 0 radical (unpaired) electrons. The van der Waals surface area contributed by atoms with Crippen molar-refractivity contribution in [1.82, 2.24) is 9.88 Å². The van der Waals surface area contributed by atoms with E-state index in [4.69, 9.17) is 0 Å². The molecular formula is C17H19FN2O. The number of rotatable bonds is 5. The molecule has 110 valence electrons. The topological polar surface area (TPSA) is 33.2 Å². The highest BCUT2D eigenvalue weighted by Gasteiger charge is 2.11. The molecule has 1 amide bonds. The number of hydrogen-bond acceptors (Lipinski definition) is 2. The lowest BCUT2D eigenvalue weighted by Gasteiger charge is -2.16. The third-order valence-corrected chi connectivity index (χ3v) is 3.32. The predicted molar refractivity (Wildman–Crippen MR) is 81.5 cm³/mol. The van der Waals surface area contributed by atoms with Crippen molar-refractivity contribution in [2.45, 2.75) is 19.8 Å². The van der Waals surface area contributed by atoms with Gasteiger partial charge in [-0.25, -0.2) is 4.39 Å². The van der Waals surface area contributed by atoms with Gasteiger partial charge in [0.05, 0.1) is 11.3 Å². The summed E-state index contributed by atoms with van der Waals surface area (Å²) in [6.45, 7) is 2.83. The minimum Gasteiger partial charge on any atom is -0.342 e. The lowest BCUT2D eigenvalue weighted by molar-refractivity contribution is 0.0793. The van der Waals surface area contributed by atoms with Crippen LogP contribution in [0, 0.1) is 5.82 Å². The van der Waals surface area contributed by atoms with Crippen LogP contribution in [0.2, 0.25) is 0 Å². The number of nitrogens with zero attached hydrogens (tertiary/aromatic N) is 2. The zero-order valence-corrected chi connectivity index (χ0v) is 12.3. The Morgan fingerprint density at radius 1 is 1.29 bits per heavy atom. The number of aromatic nitrogens is 1. The van der Waals surface area contributed by atoms with Gasteiger partial charge in [-0.3, -0.25) is 9.78 Å². The lowest BCUT2D eigenvalue weighted by atomic mass is 10.1. The molecule has 21 heavy (non-hydrogen) atoms. The van der Waals surface area contributed by atoms with Crippen LogP contribution >= 0.6 is 0 Å². The lowest BCUT2D eigenvalue weighted by Crippen LogP contribution is -2.27. The highest BCUT2D eigenvalue weighted by atomic mass is 19.1. The van der Waals surface area contributed by atoms with Gasteiger partial charge in [-0.05, 0) is 30.7 Å². The minimum atomic E-state index is -0.297. The maximum Gasteiger partial charge on any atom is 0.255 e. The van der Waals surface area contributed by atoms with Crippen LogP contribution in [0.25, 0.3) is 11.3 Å². The molecule has 0 atom stereocenters. The maximum atomic E-state index is 13.2. The van der Waals surface area contributed by atoms with E-state index in [2.05, 4.69) is 11.9 Å². The molecule has 0 aliphatic heterocycles. The zero-order valence-electron chi connectivity index (χ0n) is 12.3. The average molecular weight is 286 g/mol. The Bertz CT molecular complexity index is 610. The number of pyridine rings is 1. The average Bonchev–Trinajstić information content (AvgIpc) is 2.52. The highest BCUT2D eigenvalue weighted by molar-refractivity contribution is 5.94. The molecule has 1 heterocycles. The fourth-order valence-corrected chi connectivity index (χ4v) is 2.06. The van der Waals surface area contributed by atoms with Gasteiger partial charge in [0.2, 0.25) is 0 Å². The van der Waals surface area contributed by atoms with E-state index in [1.165, 1.54) is 12.1 Å². The van der Waals surface area contributed by atoms with E-state index in [-0.39, 0.29) is 11.7 Å². The van der Waals surface area contributed by atoms with Gasteiger partial charge in [0, 0.05) is 25.4 Å². The number of amides is 1. The van der Waals surface area contributed by atoms with E-state index in [1.807, 2.05) is 0 Å². The molecule has 0 bridgehead atoms. The Hall–Kier alpha value is -2.23. The molecule has 3 nitrogen and oxygen atoms in total. The summed E-state index contributed by atoms with van der Waals surface area (Å²) in [7, 11) is 1.79. The minimum absolute atomic E-state index is 0.0401. The van der Waals surface area contributed by atoms with Gasteiger partial charge >= 0.3 is 0 Å². The Morgan fingerprint density at radius 2 is 2.10 bits per heavy atom. The summed E-state index contributed by atoms with van der Waals surface area (Å²) in [5, 5.41) is 0. The first-order valence-corrected chi connectivity index (χ1v) is 7.09. The highest BCUT2D eigenvalue weighted by Crippen LogP contribution is 2.18. The first-order chi connectivity index (χ1) is 10.1. The molecule has 0 saturated carbocycles. The Labute approximate surface area is 124 Å². The third-order valence-electron chi connectivity index (χ3n) is 3.32. The van der Waals surface area contributed by atoms with Crippen molar-refractivity contribution in [2.75, 3.05) is 13.6 Å². The number of carbonyl (C=O) groups excluding carboxylic acids is 1. The van der Waals surface area contributed by atoms with Crippen LogP contribution in [-0.4, -0.2) is 29.4 Å². The van der Waals surface area contributed by atoms with Gasteiger partial charge in [0.1, 0.15) is 5.82 Å². The summed E-state index contributed by atoms with van der Waals surface area (Å²) < 4.78 is 13.2. The van der Waals surface area contributed by atoms with E-state index >= 15 is 0 Å². The van der Waals surface area contributed by atoms with Crippen molar-refractivity contribution < 1.29 is 9.18 Å². The van der Waals surface area contributed by atoms with Gasteiger partial charge in [-0.15, -0.1) is 0 Å². The molecular weight excluding hydrogens is 267 g/mol. The summed E-state index contributed by atoms with van der Waals surface area (Å²) in [5.41, 5.74) is 1.91. The molecule has 0 unspecified atom stereocenters. The second kappa shape index (κ2) is 6.97. The van der Waals surface area contributed by atoms with Gasteiger partial charge in [-0.2, -0.15) is 0 Å². The SMILES string of the molecule is CCCCN(C)C(=O)c1ccc(-c2cccc(F)c2)nc1. The maximum absolute atomic E-state index is 13.2. The molecule has 1 aromatic heterocycles. The first kappa shape index (κ1) is 15.2. The monoisotopic (exact) mass is 286 g/mol. The zero-order chi connectivity index (χ0) is 15.2. The molecule has 1 aromatic carbocycles. The number of halogens is 1. The van der Waals surface area contributed by atoms with E-state index in [1.54, 1.807) is 42.4 Å². The summed E-state index contributed by atoms with van der Waals surface area (Å²) in [4.78, 5) is 18.1. The standard InChI is InChI=1S/C17H19FN2O/c1-3-4-10-20(2)17(21)14-8-9-16(19-12-14)13-6-5-7-15(18)11-13/h5-9,11-12H,3-4,10H2,1-2H3. The van der Waals surface area contributed by atoms with Crippen molar-refractivity contribution in [1.29, 1.82) is 0 Å². The van der Waals surface area contributed by atoms with Crippen LogP contribution in [0.15, 0.2) is 42.6 Å². The van der Waals surface area contributed by atoms with Crippen molar-refractivity contribution in [2.24, 2.45) is 0 Å². The summed E-state index contributed by atoms with van der Waals surface area (Å²) >= 11 is 0. The molecule has 0 saturated heterocycles. The number of unbranched alkanes of at least 4 members (excludes halogenated alkanes) is 1. The second-order valence-corrected chi connectivity index (χ2v) is 5.02. The van der Waals surface area contributed by atoms with Gasteiger partial charge in [0.15, 0.2) is 0 Å². The normalized spacial score (nSPS) is 10.4. The number of carbonyl (C=O) groups is 1. The summed E-state index contributed by atoms with van der Waals surface area (Å²) in [6.07, 6.45) is 3.58. The Kier molecular flexibility index (Phi) is 5.04. The molecule has 0 aliphatic carbocycles. The van der Waals surface area contributed by atoms with E-state index in [0.29, 0.717) is 16.8 Å². The molecule has 2 aromatic rings. The molecule has 2 rings (SSSR count). The van der Waals surface area contributed by atoms with Crippen molar-refractivity contribution in [3.8, 4) is 11.3 Å². The Morgan fingerprint density at radius 3 is 2.71 bits per heavy atom. The van der Waals surface area contributed by atoms with Crippen LogP contribution < -0.4 is 0 Å². The summed E-state index contributed by atoms with van der Waals surface area (Å²) in [5.74, 6) is -0.338. The van der Waals surface area contributed by atoms with Crippen LogP contribution in [0.3, 0.4) is 0 Å². The van der Waals surface area contributed by atoms with Crippen LogP contribution in [-0.2, 0) is 0 Å². The molecule has 4 heteroatoms. The van der Waals surface area contributed by atoms with Crippen molar-refractivity contribution >= 4 is 5.91 Å². The molecule has 0 fully saturated rings. The predicted octanol–water partition coefficient (Wildman–Crippen LogP) is 3.76. The fraction of sp³-hybridized carbons (Fsp3) is 0.294. The third kappa shape index (κ3) is 3.88. The van der Waals surface area contributed by atoms with Gasteiger partial charge < -0.3 is 4.90 Å². The van der Waals surface area contributed by atoms with Gasteiger partial charge in [0.25, 0.3) is 5.91 Å². The molecule has 0 aliphatic rings. The number of hydrogen-bond donors (Lipinski definition) is 0. The smallest absolute Gasteiger partial charge is 0.255 e. The van der Waals surface area contributed by atoms with E-state index in [0.717, 1.165) is 19.4 Å². The molecule has 0 spiro atoms.